The normalized spacial score (nSPS) is 10.8. The number of hydrogen-bond donors (Lipinski definition) is 1. The van der Waals surface area contributed by atoms with Gasteiger partial charge in [0.2, 0.25) is 5.82 Å². The van der Waals surface area contributed by atoms with E-state index >= 15 is 0 Å². The van der Waals surface area contributed by atoms with Crippen molar-refractivity contribution >= 4 is 33.2 Å². The fourth-order valence-electron chi connectivity index (χ4n) is 1.79. The highest BCUT2D eigenvalue weighted by atomic mass is 79.9. The van der Waals surface area contributed by atoms with Crippen LogP contribution in [0.4, 0.5) is 10.1 Å². The topological polar surface area (TPSA) is 64.9 Å². The van der Waals surface area contributed by atoms with Crippen molar-refractivity contribution in [1.82, 2.24) is 10.1 Å². The monoisotopic (exact) mass is 367 g/mol. The second kappa shape index (κ2) is 5.46. The van der Waals surface area contributed by atoms with Crippen molar-refractivity contribution in [2.45, 2.75) is 0 Å². The van der Waals surface area contributed by atoms with Crippen LogP contribution < -0.4 is 5.73 Å². The molecule has 7 heteroatoms. The molecule has 0 aliphatic rings. The van der Waals surface area contributed by atoms with Crippen LogP contribution in [0.5, 0.6) is 0 Å². The maximum absolute atomic E-state index is 13.2. The standard InChI is InChI=1S/C14H8BrClFN3O/c15-10-3-2-8(18)6-9(10)14-19-13(20-21-14)7-1-4-12(17)11(16)5-7/h1-6H,18H2. The first kappa shape index (κ1) is 14.0. The van der Waals surface area contributed by atoms with Gasteiger partial charge in [0.25, 0.3) is 5.89 Å². The molecule has 0 saturated carbocycles. The highest BCUT2D eigenvalue weighted by Gasteiger charge is 2.14. The lowest BCUT2D eigenvalue weighted by atomic mass is 10.2. The molecule has 0 saturated heterocycles. The van der Waals surface area contributed by atoms with Crippen LogP contribution in [0.2, 0.25) is 5.02 Å². The third-order valence-electron chi connectivity index (χ3n) is 2.82. The molecule has 0 bridgehead atoms. The van der Waals surface area contributed by atoms with E-state index in [1.165, 1.54) is 18.2 Å². The highest BCUT2D eigenvalue weighted by molar-refractivity contribution is 9.10. The number of halogens is 3. The van der Waals surface area contributed by atoms with Crippen molar-refractivity contribution in [3.63, 3.8) is 0 Å². The summed E-state index contributed by atoms with van der Waals surface area (Å²) < 4.78 is 19.2. The van der Waals surface area contributed by atoms with Crippen LogP contribution >= 0.6 is 27.5 Å². The average Bonchev–Trinajstić information content (AvgIpc) is 2.94. The lowest BCUT2D eigenvalue weighted by Crippen LogP contribution is -1.87. The molecule has 0 amide bonds. The molecule has 0 atom stereocenters. The van der Waals surface area contributed by atoms with Crippen molar-refractivity contribution in [1.29, 1.82) is 0 Å². The molecule has 106 valence electrons. The molecule has 0 aliphatic heterocycles. The minimum Gasteiger partial charge on any atom is -0.399 e. The first-order valence-corrected chi connectivity index (χ1v) is 7.06. The SMILES string of the molecule is Nc1ccc(Br)c(-c2nc(-c3ccc(F)c(Cl)c3)no2)c1. The number of benzene rings is 2. The van der Waals surface area contributed by atoms with Crippen LogP contribution in [-0.2, 0) is 0 Å². The molecule has 2 N–H and O–H groups in total. The van der Waals surface area contributed by atoms with E-state index in [0.29, 0.717) is 28.5 Å². The van der Waals surface area contributed by atoms with Gasteiger partial charge in [-0.15, -0.1) is 0 Å². The summed E-state index contributed by atoms with van der Waals surface area (Å²) in [6.45, 7) is 0. The Hall–Kier alpha value is -1.92. The minimum atomic E-state index is -0.497. The number of rotatable bonds is 2. The molecule has 0 aliphatic carbocycles. The summed E-state index contributed by atoms with van der Waals surface area (Å²) in [7, 11) is 0. The zero-order valence-corrected chi connectivity index (χ0v) is 12.8. The second-order valence-corrected chi connectivity index (χ2v) is 5.55. The van der Waals surface area contributed by atoms with Crippen LogP contribution in [0.15, 0.2) is 45.4 Å². The van der Waals surface area contributed by atoms with Crippen molar-refractivity contribution in [2.75, 3.05) is 5.73 Å². The smallest absolute Gasteiger partial charge is 0.259 e. The lowest BCUT2D eigenvalue weighted by Gasteiger charge is -2.00. The Morgan fingerprint density at radius 2 is 2.00 bits per heavy atom. The van der Waals surface area contributed by atoms with E-state index in [2.05, 4.69) is 26.1 Å². The van der Waals surface area contributed by atoms with Gasteiger partial charge in [0.1, 0.15) is 5.82 Å². The molecule has 21 heavy (non-hydrogen) atoms. The van der Waals surface area contributed by atoms with Gasteiger partial charge in [-0.1, -0.05) is 16.8 Å². The van der Waals surface area contributed by atoms with Gasteiger partial charge in [0.05, 0.1) is 10.6 Å². The van der Waals surface area contributed by atoms with Crippen LogP contribution in [-0.4, -0.2) is 10.1 Å². The van der Waals surface area contributed by atoms with E-state index in [1.807, 2.05) is 0 Å². The predicted octanol–water partition coefficient (Wildman–Crippen LogP) is 4.54. The van der Waals surface area contributed by atoms with Gasteiger partial charge in [-0.2, -0.15) is 4.98 Å². The van der Waals surface area contributed by atoms with Crippen LogP contribution in [0.3, 0.4) is 0 Å². The largest absolute Gasteiger partial charge is 0.399 e. The first-order valence-electron chi connectivity index (χ1n) is 5.89. The molecule has 1 aromatic heterocycles. The van der Waals surface area contributed by atoms with E-state index in [9.17, 15) is 4.39 Å². The summed E-state index contributed by atoms with van der Waals surface area (Å²) in [5.74, 6) is 0.133. The zero-order chi connectivity index (χ0) is 15.0. The Morgan fingerprint density at radius 3 is 2.76 bits per heavy atom. The quantitative estimate of drug-likeness (QED) is 0.674. The Bertz CT molecular complexity index is 822. The van der Waals surface area contributed by atoms with Crippen LogP contribution in [0.25, 0.3) is 22.8 Å². The fourth-order valence-corrected chi connectivity index (χ4v) is 2.39. The first-order chi connectivity index (χ1) is 10.0. The third kappa shape index (κ3) is 2.77. The van der Waals surface area contributed by atoms with Gasteiger partial charge < -0.3 is 10.3 Å². The van der Waals surface area contributed by atoms with E-state index < -0.39 is 5.82 Å². The van der Waals surface area contributed by atoms with Crippen molar-refractivity contribution in [3.05, 3.63) is 51.7 Å². The number of aromatic nitrogens is 2. The fraction of sp³-hybridized carbons (Fsp3) is 0. The summed E-state index contributed by atoms with van der Waals surface area (Å²) >= 11 is 9.15. The Morgan fingerprint density at radius 1 is 1.19 bits per heavy atom. The highest BCUT2D eigenvalue weighted by Crippen LogP contribution is 2.31. The summed E-state index contributed by atoms with van der Waals surface area (Å²) in [5.41, 5.74) is 7.58. The number of hydrogen-bond acceptors (Lipinski definition) is 4. The van der Waals surface area contributed by atoms with Gasteiger partial charge in [-0.25, -0.2) is 4.39 Å². The van der Waals surface area contributed by atoms with E-state index in [4.69, 9.17) is 21.9 Å². The summed E-state index contributed by atoms with van der Waals surface area (Å²) in [6, 6.07) is 9.50. The molecule has 0 spiro atoms. The van der Waals surface area contributed by atoms with Gasteiger partial charge in [0, 0.05) is 15.7 Å². The van der Waals surface area contributed by atoms with Crippen LogP contribution in [0, 0.1) is 5.82 Å². The Balaban J connectivity index is 2.03. The number of nitrogens with zero attached hydrogens (tertiary/aromatic N) is 2. The van der Waals surface area contributed by atoms with E-state index in [0.717, 1.165) is 4.47 Å². The van der Waals surface area contributed by atoms with Gasteiger partial charge in [-0.3, -0.25) is 0 Å². The molecule has 3 aromatic rings. The summed E-state index contributed by atoms with van der Waals surface area (Å²) in [5, 5.41) is 3.88. The van der Waals surface area contributed by atoms with Gasteiger partial charge in [-0.05, 0) is 52.3 Å². The number of nitrogen functional groups attached to an aromatic ring is 1. The lowest BCUT2D eigenvalue weighted by molar-refractivity contribution is 0.432. The van der Waals surface area contributed by atoms with E-state index in [-0.39, 0.29) is 5.02 Å². The molecule has 3 rings (SSSR count). The van der Waals surface area contributed by atoms with E-state index in [1.54, 1.807) is 18.2 Å². The molecule has 0 fully saturated rings. The number of nitrogens with two attached hydrogens (primary N) is 1. The Kier molecular flexibility index (Phi) is 3.65. The Labute approximate surface area is 132 Å². The third-order valence-corrected chi connectivity index (χ3v) is 3.81. The zero-order valence-electron chi connectivity index (χ0n) is 10.5. The van der Waals surface area contributed by atoms with Crippen LogP contribution in [0.1, 0.15) is 0 Å². The number of anilines is 1. The molecule has 4 nitrogen and oxygen atoms in total. The maximum Gasteiger partial charge on any atom is 0.259 e. The van der Waals surface area contributed by atoms with Crippen molar-refractivity contribution in [2.24, 2.45) is 0 Å². The predicted molar refractivity (Wildman–Crippen MR) is 82.3 cm³/mol. The molecule has 0 unspecified atom stereocenters. The van der Waals surface area contributed by atoms with Crippen molar-refractivity contribution in [3.8, 4) is 22.8 Å². The molecular formula is C14H8BrClFN3O. The summed E-state index contributed by atoms with van der Waals surface area (Å²) in [4.78, 5) is 4.28. The average molecular weight is 369 g/mol. The molecule has 2 aromatic carbocycles. The van der Waals surface area contributed by atoms with Crippen molar-refractivity contribution < 1.29 is 8.91 Å². The van der Waals surface area contributed by atoms with Gasteiger partial charge >= 0.3 is 0 Å². The maximum atomic E-state index is 13.2. The molecule has 0 radical (unpaired) electrons. The summed E-state index contributed by atoms with van der Waals surface area (Å²) in [6.07, 6.45) is 0. The minimum absolute atomic E-state index is 0.00369. The second-order valence-electron chi connectivity index (χ2n) is 4.29. The van der Waals surface area contributed by atoms with Gasteiger partial charge in [0.15, 0.2) is 0 Å². The molecular weight excluding hydrogens is 361 g/mol. The molecule has 1 heterocycles.